The van der Waals surface area contributed by atoms with Crippen molar-refractivity contribution in [3.63, 3.8) is 0 Å². The summed E-state index contributed by atoms with van der Waals surface area (Å²) in [5, 5.41) is 0.233. The van der Waals surface area contributed by atoms with Gasteiger partial charge in [-0.1, -0.05) is 48.5 Å². The van der Waals surface area contributed by atoms with Gasteiger partial charge in [-0.25, -0.2) is 0 Å². The van der Waals surface area contributed by atoms with Crippen LogP contribution in [0.5, 0.6) is 0 Å². The number of hydrogen-bond donors (Lipinski definition) is 0. The molecule has 2 aromatic rings. The molecule has 2 aromatic carbocycles. The highest BCUT2D eigenvalue weighted by atomic mass is 32.2. The molecule has 0 N–H and O–H groups in total. The third-order valence-corrected chi connectivity index (χ3v) is 5.28. The highest BCUT2D eigenvalue weighted by Gasteiger charge is 2.56. The monoisotopic (exact) mass is 297 g/mol. The first kappa shape index (κ1) is 14.4. The summed E-state index contributed by atoms with van der Waals surface area (Å²) in [4.78, 5) is 15.8. The maximum absolute atomic E-state index is 12.6. The molecule has 3 rings (SSSR count). The predicted octanol–water partition coefficient (Wildman–Crippen LogP) is 4.14. The zero-order valence-electron chi connectivity index (χ0n) is 12.3. The molecule has 3 heteroatoms. The van der Waals surface area contributed by atoms with E-state index >= 15 is 0 Å². The molecule has 0 spiro atoms. The maximum atomic E-state index is 12.6. The lowest BCUT2D eigenvalue weighted by molar-refractivity contribution is -0.113. The first-order chi connectivity index (χ1) is 10.1. The molecular weight excluding hydrogens is 278 g/mol. The van der Waals surface area contributed by atoms with Gasteiger partial charge < -0.3 is 0 Å². The van der Waals surface area contributed by atoms with Gasteiger partial charge in [0.15, 0.2) is 0 Å². The molecule has 21 heavy (non-hydrogen) atoms. The molecule has 1 aliphatic heterocycles. The average Bonchev–Trinajstić information content (AvgIpc) is 3.22. The second-order valence-corrected chi connectivity index (χ2v) is 6.74. The van der Waals surface area contributed by atoms with Gasteiger partial charge in [0.05, 0.1) is 0 Å². The van der Waals surface area contributed by atoms with E-state index in [1.807, 2.05) is 55.5 Å². The third kappa shape index (κ3) is 2.89. The predicted molar refractivity (Wildman–Crippen MR) is 87.3 cm³/mol. The molecule has 1 aliphatic rings. The quantitative estimate of drug-likeness (QED) is 0.625. The van der Waals surface area contributed by atoms with Gasteiger partial charge in [-0.05, 0) is 43.3 Å². The summed E-state index contributed by atoms with van der Waals surface area (Å²) in [5.74, 6) is 0. The van der Waals surface area contributed by atoms with Gasteiger partial charge in [0.25, 0.3) is 0 Å². The van der Waals surface area contributed by atoms with Crippen molar-refractivity contribution in [3.8, 4) is 0 Å². The van der Waals surface area contributed by atoms with E-state index in [1.54, 1.807) is 0 Å². The van der Waals surface area contributed by atoms with Crippen molar-refractivity contribution in [2.75, 3.05) is 6.54 Å². The second-order valence-electron chi connectivity index (χ2n) is 5.69. The van der Waals surface area contributed by atoms with Crippen molar-refractivity contribution in [2.45, 2.75) is 30.3 Å². The summed E-state index contributed by atoms with van der Waals surface area (Å²) < 4.78 is 0. The fourth-order valence-corrected chi connectivity index (χ4v) is 3.57. The van der Waals surface area contributed by atoms with Crippen LogP contribution in [0.2, 0.25) is 0 Å². The molecule has 2 nitrogen and oxygen atoms in total. The molecule has 0 amide bonds. The second kappa shape index (κ2) is 5.66. The van der Waals surface area contributed by atoms with E-state index in [4.69, 9.17) is 0 Å². The van der Waals surface area contributed by atoms with E-state index < -0.39 is 0 Å². The topological polar surface area (TPSA) is 20.1 Å². The van der Waals surface area contributed by atoms with Gasteiger partial charge in [0.2, 0.25) is 5.12 Å². The van der Waals surface area contributed by atoms with Gasteiger partial charge in [0.1, 0.15) is 5.54 Å². The summed E-state index contributed by atoms with van der Waals surface area (Å²) in [7, 11) is 0. The van der Waals surface area contributed by atoms with E-state index in [-0.39, 0.29) is 16.7 Å². The van der Waals surface area contributed by atoms with Gasteiger partial charge >= 0.3 is 0 Å². The SMILES string of the molecule is CC(c1ccccc1)N1CC1(C)C(=O)Sc1ccccc1. The van der Waals surface area contributed by atoms with Crippen LogP contribution in [0, 0.1) is 0 Å². The third-order valence-electron chi connectivity index (χ3n) is 4.15. The summed E-state index contributed by atoms with van der Waals surface area (Å²) in [5.41, 5.74) is 0.925. The molecule has 1 saturated heterocycles. The number of hydrogen-bond acceptors (Lipinski definition) is 3. The van der Waals surface area contributed by atoms with Crippen LogP contribution in [0.1, 0.15) is 25.5 Å². The summed E-state index contributed by atoms with van der Waals surface area (Å²) in [6.07, 6.45) is 0. The molecule has 1 heterocycles. The molecule has 0 saturated carbocycles. The van der Waals surface area contributed by atoms with Gasteiger partial charge in [-0.15, -0.1) is 0 Å². The Morgan fingerprint density at radius 3 is 2.29 bits per heavy atom. The van der Waals surface area contributed by atoms with Crippen LogP contribution < -0.4 is 0 Å². The number of carbonyl (C=O) groups is 1. The smallest absolute Gasteiger partial charge is 0.214 e. The maximum Gasteiger partial charge on any atom is 0.214 e. The Hall–Kier alpha value is -1.58. The van der Waals surface area contributed by atoms with Crippen LogP contribution in [0.15, 0.2) is 65.6 Å². The molecular formula is C18H19NOS. The molecule has 0 aromatic heterocycles. The Morgan fingerprint density at radius 2 is 1.67 bits per heavy atom. The number of rotatable bonds is 4. The van der Waals surface area contributed by atoms with Crippen molar-refractivity contribution >= 4 is 16.9 Å². The Balaban J connectivity index is 1.68. The van der Waals surface area contributed by atoms with E-state index in [9.17, 15) is 4.79 Å². The Labute approximate surface area is 130 Å². The van der Waals surface area contributed by atoms with E-state index in [1.165, 1.54) is 17.3 Å². The number of thioether (sulfide) groups is 1. The van der Waals surface area contributed by atoms with E-state index in [0.29, 0.717) is 0 Å². The molecule has 0 radical (unpaired) electrons. The molecule has 3 atom stereocenters. The largest absolute Gasteiger partial charge is 0.285 e. The van der Waals surface area contributed by atoms with Crippen molar-refractivity contribution < 1.29 is 4.79 Å². The summed E-state index contributed by atoms with van der Waals surface area (Å²) in [6.45, 7) is 5.05. The van der Waals surface area contributed by atoms with Crippen molar-refractivity contribution in [3.05, 3.63) is 66.2 Å². The lowest BCUT2D eigenvalue weighted by Gasteiger charge is -2.18. The van der Waals surface area contributed by atoms with E-state index in [2.05, 4.69) is 24.0 Å². The van der Waals surface area contributed by atoms with Crippen molar-refractivity contribution in [1.29, 1.82) is 0 Å². The lowest BCUT2D eigenvalue weighted by Crippen LogP contribution is -2.25. The number of carbonyl (C=O) groups excluding carboxylic acids is 1. The highest BCUT2D eigenvalue weighted by Crippen LogP contribution is 2.44. The summed E-state index contributed by atoms with van der Waals surface area (Å²) in [6, 6.07) is 20.5. The normalized spacial score (nSPS) is 25.3. The molecule has 1 fully saturated rings. The van der Waals surface area contributed by atoms with Crippen LogP contribution in [0.3, 0.4) is 0 Å². The van der Waals surface area contributed by atoms with Crippen LogP contribution in [0.25, 0.3) is 0 Å². The standard InChI is InChI=1S/C18H19NOS/c1-14(15-9-5-3-6-10-15)19-13-18(19,2)17(20)21-16-11-7-4-8-12-16/h3-12,14H,13H2,1-2H3. The highest BCUT2D eigenvalue weighted by molar-refractivity contribution is 8.13. The Bertz CT molecular complexity index is 628. The van der Waals surface area contributed by atoms with Gasteiger partial charge in [-0.2, -0.15) is 0 Å². The fourth-order valence-electron chi connectivity index (χ4n) is 2.66. The van der Waals surface area contributed by atoms with Crippen LogP contribution in [-0.2, 0) is 4.79 Å². The minimum absolute atomic E-state index is 0.233. The van der Waals surface area contributed by atoms with Gasteiger partial charge in [0, 0.05) is 17.5 Å². The molecule has 3 unspecified atom stereocenters. The Kier molecular flexibility index (Phi) is 3.87. The summed E-state index contributed by atoms with van der Waals surface area (Å²) >= 11 is 1.35. The number of benzene rings is 2. The van der Waals surface area contributed by atoms with Crippen LogP contribution in [-0.4, -0.2) is 22.1 Å². The average molecular weight is 297 g/mol. The van der Waals surface area contributed by atoms with Crippen LogP contribution >= 0.6 is 11.8 Å². The zero-order valence-corrected chi connectivity index (χ0v) is 13.1. The van der Waals surface area contributed by atoms with Gasteiger partial charge in [-0.3, -0.25) is 9.69 Å². The molecule has 0 bridgehead atoms. The molecule has 0 aliphatic carbocycles. The van der Waals surface area contributed by atoms with E-state index in [0.717, 1.165) is 11.4 Å². The Morgan fingerprint density at radius 1 is 1.10 bits per heavy atom. The first-order valence-electron chi connectivity index (χ1n) is 7.20. The van der Waals surface area contributed by atoms with Crippen molar-refractivity contribution in [1.82, 2.24) is 4.90 Å². The first-order valence-corrected chi connectivity index (χ1v) is 8.02. The minimum atomic E-state index is -0.338. The van der Waals surface area contributed by atoms with Crippen LogP contribution in [0.4, 0.5) is 0 Å². The molecule has 108 valence electrons. The zero-order chi connectivity index (χ0) is 14.9. The fraction of sp³-hybridized carbons (Fsp3) is 0.278. The van der Waals surface area contributed by atoms with Crippen molar-refractivity contribution in [2.24, 2.45) is 0 Å². The number of nitrogens with zero attached hydrogens (tertiary/aromatic N) is 1. The minimum Gasteiger partial charge on any atom is -0.285 e. The lowest BCUT2D eigenvalue weighted by atomic mass is 10.1.